The molecule has 0 bridgehead atoms. The predicted octanol–water partition coefficient (Wildman–Crippen LogP) is 5.07. The van der Waals surface area contributed by atoms with Crippen molar-refractivity contribution >= 4 is 39.1 Å². The van der Waals surface area contributed by atoms with E-state index in [9.17, 15) is 9.59 Å². The summed E-state index contributed by atoms with van der Waals surface area (Å²) in [5, 5.41) is 5.38. The van der Waals surface area contributed by atoms with Crippen LogP contribution in [0.3, 0.4) is 0 Å². The fourth-order valence-electron chi connectivity index (χ4n) is 5.48. The first kappa shape index (κ1) is 22.0. The van der Waals surface area contributed by atoms with E-state index in [0.717, 1.165) is 23.1 Å². The number of methoxy groups -OCH3 is 1. The van der Waals surface area contributed by atoms with Crippen LogP contribution in [0.15, 0.2) is 41.8 Å². The number of carbonyl (C=O) groups is 2. The maximum Gasteiger partial charge on any atom is 0.275 e. The minimum absolute atomic E-state index is 0.104. The molecule has 0 radical (unpaired) electrons. The molecule has 6 nitrogen and oxygen atoms in total. The van der Waals surface area contributed by atoms with Gasteiger partial charge in [-0.15, -0.1) is 11.3 Å². The summed E-state index contributed by atoms with van der Waals surface area (Å²) >= 11 is 1.61. The molecule has 1 saturated carbocycles. The monoisotopic (exact) mass is 465 g/mol. The number of anilines is 1. The van der Waals surface area contributed by atoms with E-state index in [-0.39, 0.29) is 17.9 Å². The van der Waals surface area contributed by atoms with Gasteiger partial charge in [0, 0.05) is 17.8 Å². The van der Waals surface area contributed by atoms with Crippen LogP contribution in [0.5, 0.6) is 5.75 Å². The maximum atomic E-state index is 14.0. The molecule has 2 amide bonds. The van der Waals surface area contributed by atoms with Crippen molar-refractivity contribution in [2.24, 2.45) is 11.8 Å². The molecule has 3 heterocycles. The molecule has 4 atom stereocenters. The molecule has 0 unspecified atom stereocenters. The number of fused-ring (bicyclic) bond motifs is 3. The van der Waals surface area contributed by atoms with Crippen LogP contribution in [0.25, 0.3) is 10.2 Å². The van der Waals surface area contributed by atoms with Crippen LogP contribution in [-0.4, -0.2) is 35.1 Å². The Morgan fingerprint density at radius 2 is 2.03 bits per heavy atom. The fourth-order valence-corrected chi connectivity index (χ4v) is 6.30. The molecule has 33 heavy (non-hydrogen) atoms. The summed E-state index contributed by atoms with van der Waals surface area (Å²) in [5.41, 5.74) is 1.21. The van der Waals surface area contributed by atoms with Crippen molar-refractivity contribution in [3.05, 3.63) is 47.5 Å². The molecule has 3 aromatic rings. The average Bonchev–Trinajstić information content (AvgIpc) is 3.39. The largest absolute Gasteiger partial charge is 0.497 e. The molecule has 1 aromatic carbocycles. The average molecular weight is 466 g/mol. The summed E-state index contributed by atoms with van der Waals surface area (Å²) in [4.78, 5) is 29.6. The minimum atomic E-state index is -1.08. The summed E-state index contributed by atoms with van der Waals surface area (Å²) < 4.78 is 8.49. The molecule has 2 aromatic heterocycles. The van der Waals surface area contributed by atoms with Gasteiger partial charge in [0.1, 0.15) is 17.0 Å². The van der Waals surface area contributed by atoms with Crippen molar-refractivity contribution < 1.29 is 14.3 Å². The van der Waals surface area contributed by atoms with Crippen molar-refractivity contribution in [2.75, 3.05) is 12.0 Å². The highest BCUT2D eigenvalue weighted by atomic mass is 32.1. The Morgan fingerprint density at radius 1 is 1.21 bits per heavy atom. The van der Waals surface area contributed by atoms with Gasteiger partial charge >= 0.3 is 0 Å². The van der Waals surface area contributed by atoms with Gasteiger partial charge in [-0.25, -0.2) is 0 Å². The molecule has 1 aliphatic heterocycles. The highest BCUT2D eigenvalue weighted by Crippen LogP contribution is 2.39. The number of nitrogens with one attached hydrogen (secondary N) is 1. The fraction of sp³-hybridized carbons (Fsp3) is 0.462. The first-order valence-corrected chi connectivity index (χ1v) is 12.6. The molecule has 7 heteroatoms. The van der Waals surface area contributed by atoms with E-state index < -0.39 is 5.54 Å². The van der Waals surface area contributed by atoms with E-state index in [2.05, 4.69) is 19.2 Å². The Hall–Kier alpha value is -2.80. The summed E-state index contributed by atoms with van der Waals surface area (Å²) in [7, 11) is 1.61. The van der Waals surface area contributed by atoms with Crippen molar-refractivity contribution in [2.45, 2.75) is 58.2 Å². The zero-order chi connectivity index (χ0) is 23.3. The van der Waals surface area contributed by atoms with Crippen LogP contribution in [0.4, 0.5) is 5.69 Å². The quantitative estimate of drug-likeness (QED) is 0.585. The Bertz CT molecular complexity index is 1210. The lowest BCUT2D eigenvalue weighted by Gasteiger charge is -2.45. The van der Waals surface area contributed by atoms with E-state index in [0.29, 0.717) is 35.5 Å². The van der Waals surface area contributed by atoms with Gasteiger partial charge in [-0.1, -0.05) is 32.8 Å². The van der Waals surface area contributed by atoms with Crippen molar-refractivity contribution in [3.8, 4) is 5.75 Å². The molecule has 1 aliphatic carbocycles. The van der Waals surface area contributed by atoms with Gasteiger partial charge in [0.2, 0.25) is 5.91 Å². The van der Waals surface area contributed by atoms with E-state index in [4.69, 9.17) is 4.74 Å². The lowest BCUT2D eigenvalue weighted by Crippen LogP contribution is -2.66. The third-order valence-electron chi connectivity index (χ3n) is 7.73. The number of hydrogen-bond donors (Lipinski definition) is 1. The number of benzene rings is 1. The number of hydrogen-bond acceptors (Lipinski definition) is 4. The van der Waals surface area contributed by atoms with E-state index in [1.807, 2.05) is 53.3 Å². The Kier molecular flexibility index (Phi) is 5.47. The summed E-state index contributed by atoms with van der Waals surface area (Å²) in [5.74, 6) is 1.36. The van der Waals surface area contributed by atoms with Gasteiger partial charge in [0.05, 0.1) is 23.9 Å². The maximum absolute atomic E-state index is 14.0. The third kappa shape index (κ3) is 3.53. The number of carbonyl (C=O) groups excluding carboxylic acids is 2. The summed E-state index contributed by atoms with van der Waals surface area (Å²) in [6, 6.07) is 11.5. The minimum Gasteiger partial charge on any atom is -0.497 e. The SMILES string of the molecule is COc1cccc(N2C(=O)c3cc4sccc4n3C[C@]2(C)C(=O)N[C@@H]2CCC[C@H](C)[C@@H]2C)c1. The van der Waals surface area contributed by atoms with Crippen LogP contribution in [-0.2, 0) is 11.3 Å². The molecule has 1 N–H and O–H groups in total. The first-order chi connectivity index (χ1) is 15.8. The van der Waals surface area contributed by atoms with Crippen molar-refractivity contribution in [1.29, 1.82) is 0 Å². The second kappa shape index (κ2) is 8.20. The molecule has 2 aliphatic rings. The van der Waals surface area contributed by atoms with E-state index in [1.165, 1.54) is 6.42 Å². The molecule has 174 valence electrons. The van der Waals surface area contributed by atoms with E-state index in [1.54, 1.807) is 23.3 Å². The number of thiophene rings is 1. The Labute approximate surface area is 198 Å². The van der Waals surface area contributed by atoms with Crippen LogP contribution < -0.4 is 15.0 Å². The van der Waals surface area contributed by atoms with Gasteiger partial charge in [-0.3, -0.25) is 14.5 Å². The third-order valence-corrected chi connectivity index (χ3v) is 8.58. The lowest BCUT2D eigenvalue weighted by molar-refractivity contribution is -0.128. The predicted molar refractivity (Wildman–Crippen MR) is 132 cm³/mol. The van der Waals surface area contributed by atoms with Crippen LogP contribution >= 0.6 is 11.3 Å². The van der Waals surface area contributed by atoms with Crippen LogP contribution in [0.2, 0.25) is 0 Å². The molecule has 0 spiro atoms. The smallest absolute Gasteiger partial charge is 0.275 e. The van der Waals surface area contributed by atoms with Gasteiger partial charge in [-0.05, 0) is 54.8 Å². The van der Waals surface area contributed by atoms with Crippen LogP contribution in [0.1, 0.15) is 50.5 Å². The van der Waals surface area contributed by atoms with Gasteiger partial charge < -0.3 is 14.6 Å². The number of aromatic nitrogens is 1. The topological polar surface area (TPSA) is 63.6 Å². The second-order valence-electron chi connectivity index (χ2n) is 9.75. The summed E-state index contributed by atoms with van der Waals surface area (Å²) in [6.45, 7) is 6.77. The highest BCUT2D eigenvalue weighted by Gasteiger charge is 2.49. The lowest BCUT2D eigenvalue weighted by atomic mass is 9.77. The van der Waals surface area contributed by atoms with Gasteiger partial charge in [-0.2, -0.15) is 0 Å². The standard InChI is InChI=1S/C26H31N3O3S/c1-16-7-5-10-20(17(16)2)27-25(31)26(3)15-28-21-11-12-33-23(21)14-22(28)24(30)29(26)18-8-6-9-19(13-18)32-4/h6,8-9,11-14,16-17,20H,5,7,10,15H2,1-4H3,(H,27,31)/t16-,17-,20+,26+/m0/s1. The Balaban J connectivity index is 1.59. The van der Waals surface area contributed by atoms with Gasteiger partial charge in [0.25, 0.3) is 5.91 Å². The first-order valence-electron chi connectivity index (χ1n) is 11.7. The van der Waals surface area contributed by atoms with Crippen LogP contribution in [0, 0.1) is 11.8 Å². The molecular formula is C26H31N3O3S. The molecule has 1 fully saturated rings. The molecular weight excluding hydrogens is 434 g/mol. The number of amides is 2. The highest BCUT2D eigenvalue weighted by molar-refractivity contribution is 7.17. The zero-order valence-corrected chi connectivity index (χ0v) is 20.4. The number of nitrogens with zero attached hydrogens (tertiary/aromatic N) is 2. The normalized spacial score (nSPS) is 27.5. The Morgan fingerprint density at radius 3 is 2.82 bits per heavy atom. The van der Waals surface area contributed by atoms with Gasteiger partial charge in [0.15, 0.2) is 0 Å². The zero-order valence-electron chi connectivity index (χ0n) is 19.6. The molecule has 5 rings (SSSR count). The van der Waals surface area contributed by atoms with Crippen molar-refractivity contribution in [1.82, 2.24) is 9.88 Å². The molecule has 0 saturated heterocycles. The number of rotatable bonds is 4. The number of ether oxygens (including phenoxy) is 1. The van der Waals surface area contributed by atoms with Crippen molar-refractivity contribution in [3.63, 3.8) is 0 Å². The second-order valence-corrected chi connectivity index (χ2v) is 10.7. The van der Waals surface area contributed by atoms with E-state index >= 15 is 0 Å². The summed E-state index contributed by atoms with van der Waals surface area (Å²) in [6.07, 6.45) is 3.29.